The minimum atomic E-state index is -0.820. The maximum Gasteiger partial charge on any atom is 0.410 e. The number of ether oxygens (including phenoxy) is 2. The lowest BCUT2D eigenvalue weighted by Gasteiger charge is -2.26. The van der Waals surface area contributed by atoms with Crippen LogP contribution in [-0.2, 0) is 14.3 Å². The SMILES string of the molecule is CC(C)(C)OC(=O)N1CC(O)C2OC(=O)CC21. The highest BCUT2D eigenvalue weighted by Gasteiger charge is 2.51. The minimum Gasteiger partial charge on any atom is -0.457 e. The molecule has 2 rings (SSSR count). The maximum atomic E-state index is 11.9. The summed E-state index contributed by atoms with van der Waals surface area (Å²) >= 11 is 0. The molecule has 2 fully saturated rings. The maximum absolute atomic E-state index is 11.9. The highest BCUT2D eigenvalue weighted by atomic mass is 16.6. The lowest BCUT2D eigenvalue weighted by molar-refractivity contribution is -0.144. The van der Waals surface area contributed by atoms with Crippen molar-refractivity contribution >= 4 is 12.1 Å². The predicted molar refractivity (Wildman–Crippen MR) is 57.2 cm³/mol. The number of nitrogens with zero attached hydrogens (tertiary/aromatic N) is 1. The fourth-order valence-electron chi connectivity index (χ4n) is 2.16. The zero-order chi connectivity index (χ0) is 12.8. The van der Waals surface area contributed by atoms with Crippen molar-refractivity contribution in [2.75, 3.05) is 6.54 Å². The van der Waals surface area contributed by atoms with E-state index in [0.29, 0.717) is 0 Å². The van der Waals surface area contributed by atoms with Crippen molar-refractivity contribution in [3.05, 3.63) is 0 Å². The lowest BCUT2D eigenvalue weighted by atomic mass is 10.1. The van der Waals surface area contributed by atoms with Gasteiger partial charge in [0.05, 0.1) is 19.0 Å². The highest BCUT2D eigenvalue weighted by Crippen LogP contribution is 2.31. The first kappa shape index (κ1) is 12.2. The smallest absolute Gasteiger partial charge is 0.410 e. The van der Waals surface area contributed by atoms with E-state index < -0.39 is 29.9 Å². The second kappa shape index (κ2) is 3.87. The van der Waals surface area contributed by atoms with Crippen LogP contribution in [0.1, 0.15) is 27.2 Å². The molecule has 0 saturated carbocycles. The number of β-amino-alcohol motifs (C(OH)–C–C–N with tert-alkyl or cyclic N) is 1. The number of carbonyl (C=O) groups is 2. The second-order valence-electron chi connectivity index (χ2n) is 5.43. The van der Waals surface area contributed by atoms with Crippen LogP contribution in [0.4, 0.5) is 4.79 Å². The van der Waals surface area contributed by atoms with Crippen molar-refractivity contribution in [3.8, 4) is 0 Å². The van der Waals surface area contributed by atoms with Gasteiger partial charge in [-0.25, -0.2) is 4.79 Å². The Kier molecular flexibility index (Phi) is 2.77. The summed E-state index contributed by atoms with van der Waals surface area (Å²) in [6.07, 6.45) is -1.81. The van der Waals surface area contributed by atoms with Crippen LogP contribution in [0.2, 0.25) is 0 Å². The van der Waals surface area contributed by atoms with Gasteiger partial charge < -0.3 is 14.6 Å². The van der Waals surface area contributed by atoms with E-state index in [1.54, 1.807) is 20.8 Å². The van der Waals surface area contributed by atoms with E-state index in [-0.39, 0.29) is 18.9 Å². The van der Waals surface area contributed by atoms with Gasteiger partial charge in [0.1, 0.15) is 11.7 Å². The molecular formula is C11H17NO5. The second-order valence-corrected chi connectivity index (χ2v) is 5.43. The average Bonchev–Trinajstić information content (AvgIpc) is 2.63. The third-order valence-corrected chi connectivity index (χ3v) is 2.81. The number of carbonyl (C=O) groups excluding carboxylic acids is 2. The number of rotatable bonds is 0. The summed E-state index contributed by atoms with van der Waals surface area (Å²) < 4.78 is 10.2. The zero-order valence-electron chi connectivity index (χ0n) is 10.2. The Hall–Kier alpha value is -1.30. The molecule has 2 aliphatic rings. The Morgan fingerprint density at radius 2 is 2.18 bits per heavy atom. The average molecular weight is 243 g/mol. The first-order valence-electron chi connectivity index (χ1n) is 5.65. The molecule has 17 heavy (non-hydrogen) atoms. The number of hydrogen-bond acceptors (Lipinski definition) is 5. The van der Waals surface area contributed by atoms with Crippen molar-refractivity contribution in [1.82, 2.24) is 4.90 Å². The number of esters is 1. The summed E-state index contributed by atoms with van der Waals surface area (Å²) in [6.45, 7) is 5.46. The molecule has 0 aromatic carbocycles. The van der Waals surface area contributed by atoms with Gasteiger partial charge in [-0.05, 0) is 20.8 Å². The molecule has 3 atom stereocenters. The van der Waals surface area contributed by atoms with Crippen molar-refractivity contribution in [2.24, 2.45) is 0 Å². The van der Waals surface area contributed by atoms with Crippen LogP contribution in [0.3, 0.4) is 0 Å². The summed E-state index contributed by atoms with van der Waals surface area (Å²) in [7, 11) is 0. The fraction of sp³-hybridized carbons (Fsp3) is 0.818. The van der Waals surface area contributed by atoms with Gasteiger partial charge in [0, 0.05) is 0 Å². The van der Waals surface area contributed by atoms with Crippen molar-refractivity contribution in [2.45, 2.75) is 51.0 Å². The Morgan fingerprint density at radius 1 is 1.53 bits per heavy atom. The molecule has 96 valence electrons. The standard InChI is InChI=1S/C11H17NO5/c1-11(2,3)17-10(15)12-5-7(13)9-6(12)4-8(14)16-9/h6-7,9,13H,4-5H2,1-3H3. The van der Waals surface area contributed by atoms with Crippen LogP contribution in [0.15, 0.2) is 0 Å². The summed E-state index contributed by atoms with van der Waals surface area (Å²) in [4.78, 5) is 24.4. The normalized spacial score (nSPS) is 32.4. The van der Waals surface area contributed by atoms with E-state index in [1.807, 2.05) is 0 Å². The number of aliphatic hydroxyl groups excluding tert-OH is 1. The summed E-state index contributed by atoms with van der Waals surface area (Å²) in [5, 5.41) is 9.71. The monoisotopic (exact) mass is 243 g/mol. The Bertz CT molecular complexity index is 348. The number of fused-ring (bicyclic) bond motifs is 1. The molecule has 6 nitrogen and oxygen atoms in total. The van der Waals surface area contributed by atoms with Crippen molar-refractivity contribution in [1.29, 1.82) is 0 Å². The topological polar surface area (TPSA) is 76.1 Å². The molecule has 3 unspecified atom stereocenters. The van der Waals surface area contributed by atoms with Gasteiger partial charge in [0.2, 0.25) is 0 Å². The van der Waals surface area contributed by atoms with Crippen molar-refractivity contribution < 1.29 is 24.2 Å². The van der Waals surface area contributed by atoms with Crippen LogP contribution in [0, 0.1) is 0 Å². The molecule has 1 amide bonds. The van der Waals surface area contributed by atoms with Crippen LogP contribution < -0.4 is 0 Å². The molecule has 2 aliphatic heterocycles. The first-order valence-corrected chi connectivity index (χ1v) is 5.65. The van der Waals surface area contributed by atoms with Crippen molar-refractivity contribution in [3.63, 3.8) is 0 Å². The van der Waals surface area contributed by atoms with Gasteiger partial charge in [-0.3, -0.25) is 9.69 Å². The van der Waals surface area contributed by atoms with E-state index in [2.05, 4.69) is 0 Å². The van der Waals surface area contributed by atoms with Gasteiger partial charge >= 0.3 is 12.1 Å². The molecule has 0 spiro atoms. The quantitative estimate of drug-likeness (QED) is 0.618. The number of amides is 1. The molecule has 1 N–H and O–H groups in total. The van der Waals surface area contributed by atoms with E-state index in [1.165, 1.54) is 4.90 Å². The molecule has 2 saturated heterocycles. The minimum absolute atomic E-state index is 0.126. The van der Waals surface area contributed by atoms with Gasteiger partial charge in [-0.2, -0.15) is 0 Å². The Balaban J connectivity index is 2.07. The number of hydrogen-bond donors (Lipinski definition) is 1. The molecular weight excluding hydrogens is 226 g/mol. The number of aliphatic hydroxyl groups is 1. The molecule has 0 aromatic rings. The van der Waals surface area contributed by atoms with E-state index in [4.69, 9.17) is 9.47 Å². The van der Waals surface area contributed by atoms with Gasteiger partial charge in [0.15, 0.2) is 6.10 Å². The molecule has 0 radical (unpaired) electrons. The Morgan fingerprint density at radius 3 is 2.76 bits per heavy atom. The third kappa shape index (κ3) is 2.36. The zero-order valence-corrected chi connectivity index (χ0v) is 10.2. The summed E-state index contributed by atoms with van der Waals surface area (Å²) in [6, 6.07) is -0.396. The molecule has 6 heteroatoms. The van der Waals surface area contributed by atoms with E-state index in [9.17, 15) is 14.7 Å². The molecule has 2 heterocycles. The van der Waals surface area contributed by atoms with Crippen LogP contribution in [-0.4, -0.2) is 52.5 Å². The molecule has 0 aliphatic carbocycles. The number of likely N-dealkylation sites (tertiary alicyclic amines) is 1. The first-order chi connectivity index (χ1) is 7.78. The molecule has 0 bridgehead atoms. The summed E-state index contributed by atoms with van der Waals surface area (Å²) in [5.74, 6) is -0.382. The largest absolute Gasteiger partial charge is 0.457 e. The predicted octanol–water partition coefficient (Wildman–Crippen LogP) is 0.282. The third-order valence-electron chi connectivity index (χ3n) is 2.81. The van der Waals surface area contributed by atoms with Crippen LogP contribution in [0.25, 0.3) is 0 Å². The lowest BCUT2D eigenvalue weighted by Crippen LogP contribution is -2.41. The van der Waals surface area contributed by atoms with E-state index in [0.717, 1.165) is 0 Å². The Labute approximate surface area is 99.5 Å². The van der Waals surface area contributed by atoms with Gasteiger partial charge in [-0.15, -0.1) is 0 Å². The van der Waals surface area contributed by atoms with Crippen LogP contribution >= 0.6 is 0 Å². The van der Waals surface area contributed by atoms with Gasteiger partial charge in [-0.1, -0.05) is 0 Å². The highest BCUT2D eigenvalue weighted by molar-refractivity contribution is 5.76. The van der Waals surface area contributed by atoms with E-state index >= 15 is 0 Å². The molecule has 0 aromatic heterocycles. The van der Waals surface area contributed by atoms with Gasteiger partial charge in [0.25, 0.3) is 0 Å². The fourth-order valence-corrected chi connectivity index (χ4v) is 2.16. The van der Waals surface area contributed by atoms with Crippen LogP contribution in [0.5, 0.6) is 0 Å². The summed E-state index contributed by atoms with van der Waals surface area (Å²) in [5.41, 5.74) is -0.594.